The van der Waals surface area contributed by atoms with Gasteiger partial charge in [-0.25, -0.2) is 0 Å². The van der Waals surface area contributed by atoms with Gasteiger partial charge in [0.05, 0.1) is 14.2 Å². The lowest BCUT2D eigenvalue weighted by Crippen LogP contribution is -2.25. The summed E-state index contributed by atoms with van der Waals surface area (Å²) in [5.41, 5.74) is 1.27. The number of esters is 2. The number of carbonyl (C=O) groups is 2. The van der Waals surface area contributed by atoms with E-state index in [2.05, 4.69) is 15.5 Å². The lowest BCUT2D eigenvalue weighted by atomic mass is 9.98. The highest BCUT2D eigenvalue weighted by Crippen LogP contribution is 2.19. The fourth-order valence-corrected chi connectivity index (χ4v) is 1.94. The molecule has 100 valence electrons. The van der Waals surface area contributed by atoms with Gasteiger partial charge < -0.3 is 9.47 Å². The van der Waals surface area contributed by atoms with Crippen LogP contribution in [0, 0.1) is 5.92 Å². The Balaban J connectivity index is 2.55. The Kier molecular flexibility index (Phi) is 6.19. The van der Waals surface area contributed by atoms with Crippen molar-refractivity contribution in [1.82, 2.24) is 0 Å². The molecule has 4 nitrogen and oxygen atoms in total. The van der Waals surface area contributed by atoms with Crippen molar-refractivity contribution >= 4 is 11.9 Å². The van der Waals surface area contributed by atoms with Gasteiger partial charge in [-0.3, -0.25) is 9.59 Å². The van der Waals surface area contributed by atoms with Crippen molar-refractivity contribution < 1.29 is 19.1 Å². The summed E-state index contributed by atoms with van der Waals surface area (Å²) in [6.07, 6.45) is 11.0. The number of allylic oxidation sites excluding steroid dienone is 4. The molecule has 0 unspecified atom stereocenters. The van der Waals surface area contributed by atoms with Gasteiger partial charge in [0.15, 0.2) is 5.92 Å². The molecule has 1 rings (SSSR count). The van der Waals surface area contributed by atoms with E-state index in [4.69, 9.17) is 0 Å². The molecule has 0 amide bonds. The van der Waals surface area contributed by atoms with Crippen LogP contribution >= 0.6 is 0 Å². The largest absolute Gasteiger partial charge is 0.468 e. The van der Waals surface area contributed by atoms with Crippen LogP contribution in [0.5, 0.6) is 0 Å². The van der Waals surface area contributed by atoms with E-state index in [-0.39, 0.29) is 0 Å². The molecule has 0 aliphatic heterocycles. The predicted octanol–water partition coefficient (Wildman–Crippen LogP) is 2.40. The molecular weight excluding hydrogens is 232 g/mol. The third-order valence-electron chi connectivity index (χ3n) is 3.00. The Morgan fingerprint density at radius 3 is 2.44 bits per heavy atom. The van der Waals surface area contributed by atoms with Gasteiger partial charge in [-0.05, 0) is 32.1 Å². The molecule has 18 heavy (non-hydrogen) atoms. The average Bonchev–Trinajstić information content (AvgIpc) is 2.43. The first-order valence-corrected chi connectivity index (χ1v) is 6.20. The van der Waals surface area contributed by atoms with Crippen LogP contribution in [-0.4, -0.2) is 26.2 Å². The monoisotopic (exact) mass is 252 g/mol. The molecule has 0 aromatic rings. The first-order valence-electron chi connectivity index (χ1n) is 6.20. The molecule has 0 saturated heterocycles. The maximum atomic E-state index is 11.4. The second-order valence-corrected chi connectivity index (χ2v) is 4.26. The fraction of sp³-hybridized carbons (Fsp3) is 0.571. The van der Waals surface area contributed by atoms with E-state index in [1.807, 2.05) is 12.2 Å². The van der Waals surface area contributed by atoms with E-state index in [1.54, 1.807) is 0 Å². The summed E-state index contributed by atoms with van der Waals surface area (Å²) in [5, 5.41) is 0. The van der Waals surface area contributed by atoms with Crippen LogP contribution in [0.3, 0.4) is 0 Å². The molecule has 1 aliphatic carbocycles. The highest BCUT2D eigenvalue weighted by atomic mass is 16.5. The van der Waals surface area contributed by atoms with E-state index in [9.17, 15) is 9.59 Å². The number of ether oxygens (including phenoxy) is 2. The molecule has 0 atom stereocenters. The quantitative estimate of drug-likeness (QED) is 0.557. The molecule has 0 fully saturated rings. The molecule has 0 heterocycles. The lowest BCUT2D eigenvalue weighted by Gasteiger charge is -2.11. The van der Waals surface area contributed by atoms with Crippen LogP contribution in [0.1, 0.15) is 32.1 Å². The summed E-state index contributed by atoms with van der Waals surface area (Å²) < 4.78 is 9.18. The zero-order valence-electron chi connectivity index (χ0n) is 11.0. The Morgan fingerprint density at radius 1 is 1.28 bits per heavy atom. The van der Waals surface area contributed by atoms with Crippen molar-refractivity contribution in [2.24, 2.45) is 5.92 Å². The summed E-state index contributed by atoms with van der Waals surface area (Å²) in [6, 6.07) is 0. The fourth-order valence-electron chi connectivity index (χ4n) is 1.94. The van der Waals surface area contributed by atoms with Crippen molar-refractivity contribution in [2.75, 3.05) is 14.2 Å². The zero-order chi connectivity index (χ0) is 13.4. The van der Waals surface area contributed by atoms with Crippen LogP contribution in [0.15, 0.2) is 23.8 Å². The normalized spacial score (nSPS) is 15.6. The highest BCUT2D eigenvalue weighted by Gasteiger charge is 2.27. The average molecular weight is 252 g/mol. The maximum Gasteiger partial charge on any atom is 0.320 e. The van der Waals surface area contributed by atoms with Crippen molar-refractivity contribution in [2.45, 2.75) is 32.1 Å². The molecule has 0 spiro atoms. The van der Waals surface area contributed by atoms with Crippen molar-refractivity contribution in [3.8, 4) is 0 Å². The van der Waals surface area contributed by atoms with Crippen LogP contribution in [0.4, 0.5) is 0 Å². The smallest absolute Gasteiger partial charge is 0.320 e. The second-order valence-electron chi connectivity index (χ2n) is 4.26. The van der Waals surface area contributed by atoms with Crippen molar-refractivity contribution in [3.63, 3.8) is 0 Å². The molecule has 0 bridgehead atoms. The topological polar surface area (TPSA) is 52.6 Å². The van der Waals surface area contributed by atoms with Crippen molar-refractivity contribution in [1.29, 1.82) is 0 Å². The van der Waals surface area contributed by atoms with E-state index in [0.717, 1.165) is 12.8 Å². The summed E-state index contributed by atoms with van der Waals surface area (Å²) in [5.74, 6) is -1.96. The van der Waals surface area contributed by atoms with Gasteiger partial charge in [0, 0.05) is 0 Å². The SMILES string of the molecule is COC(=O)C(C/C=C/C1=CCCCC1)C(=O)OC. The Morgan fingerprint density at radius 2 is 1.94 bits per heavy atom. The summed E-state index contributed by atoms with van der Waals surface area (Å²) in [7, 11) is 2.54. The Hall–Kier alpha value is -1.58. The van der Waals surface area contributed by atoms with Gasteiger partial charge in [0.2, 0.25) is 0 Å². The van der Waals surface area contributed by atoms with E-state index >= 15 is 0 Å². The van der Waals surface area contributed by atoms with Gasteiger partial charge in [-0.2, -0.15) is 0 Å². The number of methoxy groups -OCH3 is 2. The molecule has 0 aromatic heterocycles. The van der Waals surface area contributed by atoms with Gasteiger partial charge >= 0.3 is 11.9 Å². The van der Waals surface area contributed by atoms with E-state index < -0.39 is 17.9 Å². The number of hydrogen-bond donors (Lipinski definition) is 0. The van der Waals surface area contributed by atoms with Crippen LogP contribution in [0.2, 0.25) is 0 Å². The Labute approximate surface area is 108 Å². The second kappa shape index (κ2) is 7.69. The molecule has 0 aromatic carbocycles. The number of carbonyl (C=O) groups excluding carboxylic acids is 2. The van der Waals surface area contributed by atoms with Crippen LogP contribution in [0.25, 0.3) is 0 Å². The predicted molar refractivity (Wildman–Crippen MR) is 67.8 cm³/mol. The first kappa shape index (κ1) is 14.5. The molecule has 0 radical (unpaired) electrons. The first-order chi connectivity index (χ1) is 8.69. The van der Waals surface area contributed by atoms with E-state index in [1.165, 1.54) is 32.6 Å². The molecule has 0 N–H and O–H groups in total. The highest BCUT2D eigenvalue weighted by molar-refractivity contribution is 5.94. The van der Waals surface area contributed by atoms with Gasteiger partial charge in [0.25, 0.3) is 0 Å². The number of hydrogen-bond acceptors (Lipinski definition) is 4. The van der Waals surface area contributed by atoms with Gasteiger partial charge in [-0.15, -0.1) is 0 Å². The molecule has 4 heteroatoms. The summed E-state index contributed by atoms with van der Waals surface area (Å²) in [4.78, 5) is 22.8. The molecule has 1 aliphatic rings. The van der Waals surface area contributed by atoms with Crippen LogP contribution in [-0.2, 0) is 19.1 Å². The van der Waals surface area contributed by atoms with Crippen molar-refractivity contribution in [3.05, 3.63) is 23.8 Å². The molecular formula is C14H20O4. The van der Waals surface area contributed by atoms with Crippen LogP contribution < -0.4 is 0 Å². The van der Waals surface area contributed by atoms with E-state index in [0.29, 0.717) is 6.42 Å². The Bertz CT molecular complexity index is 339. The third-order valence-corrected chi connectivity index (χ3v) is 3.00. The third kappa shape index (κ3) is 4.35. The standard InChI is InChI=1S/C14H20O4/c1-17-13(15)12(14(16)18-2)10-6-9-11-7-4-3-5-8-11/h6-7,9,12H,3-5,8,10H2,1-2H3/b9-6+. The minimum Gasteiger partial charge on any atom is -0.468 e. The minimum absolute atomic E-state index is 0.316. The molecule has 0 saturated carbocycles. The maximum absolute atomic E-state index is 11.4. The summed E-state index contributed by atoms with van der Waals surface area (Å²) in [6.45, 7) is 0. The summed E-state index contributed by atoms with van der Waals surface area (Å²) >= 11 is 0. The zero-order valence-corrected chi connectivity index (χ0v) is 11.0. The minimum atomic E-state index is -0.861. The number of rotatable bonds is 5. The lowest BCUT2D eigenvalue weighted by molar-refractivity contribution is -0.158. The van der Waals surface area contributed by atoms with Gasteiger partial charge in [0.1, 0.15) is 0 Å². The van der Waals surface area contributed by atoms with Gasteiger partial charge in [-0.1, -0.05) is 23.8 Å².